The fourth-order valence-corrected chi connectivity index (χ4v) is 3.90. The lowest BCUT2D eigenvalue weighted by Crippen LogP contribution is -2.39. The molecule has 2 saturated heterocycles. The predicted molar refractivity (Wildman–Crippen MR) is 106 cm³/mol. The van der Waals surface area contributed by atoms with Crippen LogP contribution in [0.5, 0.6) is 0 Å². The standard InChI is InChI=1S/C21H34N4/c1-18-6-8-20(9-7-18)17-24-14-10-19(11-15-24)16-23-21(22)25-12-4-2-3-5-13-25/h6-9,19H,2-5,10-17H2,1H3,(H2,22,23). The van der Waals surface area contributed by atoms with Gasteiger partial charge in [0.15, 0.2) is 5.96 Å². The smallest absolute Gasteiger partial charge is 0.191 e. The highest BCUT2D eigenvalue weighted by molar-refractivity contribution is 5.78. The second-order valence-electron chi connectivity index (χ2n) is 7.81. The number of piperidine rings is 1. The van der Waals surface area contributed by atoms with Crippen LogP contribution in [-0.2, 0) is 6.54 Å². The van der Waals surface area contributed by atoms with Crippen molar-refractivity contribution in [2.24, 2.45) is 16.6 Å². The van der Waals surface area contributed by atoms with Crippen LogP contribution in [0.3, 0.4) is 0 Å². The summed E-state index contributed by atoms with van der Waals surface area (Å²) in [5, 5.41) is 0. The van der Waals surface area contributed by atoms with E-state index in [4.69, 9.17) is 10.7 Å². The summed E-state index contributed by atoms with van der Waals surface area (Å²) in [7, 11) is 0. The van der Waals surface area contributed by atoms with E-state index in [0.717, 1.165) is 32.1 Å². The molecule has 1 aromatic rings. The molecule has 0 aliphatic carbocycles. The van der Waals surface area contributed by atoms with Gasteiger partial charge in [-0.05, 0) is 57.2 Å². The fraction of sp³-hybridized carbons (Fsp3) is 0.667. The second-order valence-corrected chi connectivity index (χ2v) is 7.81. The molecular formula is C21H34N4. The number of nitrogens with two attached hydrogens (primary N) is 1. The molecule has 0 bridgehead atoms. The van der Waals surface area contributed by atoms with Gasteiger partial charge in [-0.3, -0.25) is 9.89 Å². The first-order valence-corrected chi connectivity index (χ1v) is 10.0. The molecule has 2 fully saturated rings. The Labute approximate surface area is 153 Å². The van der Waals surface area contributed by atoms with Crippen molar-refractivity contribution in [2.45, 2.75) is 52.0 Å². The van der Waals surface area contributed by atoms with Crippen molar-refractivity contribution in [2.75, 3.05) is 32.7 Å². The zero-order valence-corrected chi connectivity index (χ0v) is 15.8. The van der Waals surface area contributed by atoms with Gasteiger partial charge in [-0.25, -0.2) is 0 Å². The highest BCUT2D eigenvalue weighted by Gasteiger charge is 2.19. The van der Waals surface area contributed by atoms with Crippen molar-refractivity contribution >= 4 is 5.96 Å². The summed E-state index contributed by atoms with van der Waals surface area (Å²) in [4.78, 5) is 9.60. The average Bonchev–Trinajstić information content (AvgIpc) is 2.92. The van der Waals surface area contributed by atoms with Crippen LogP contribution in [0.25, 0.3) is 0 Å². The lowest BCUT2D eigenvalue weighted by atomic mass is 9.96. The first-order chi connectivity index (χ1) is 12.2. The van der Waals surface area contributed by atoms with Crippen molar-refractivity contribution in [3.8, 4) is 0 Å². The van der Waals surface area contributed by atoms with E-state index in [1.54, 1.807) is 0 Å². The van der Waals surface area contributed by atoms with Gasteiger partial charge in [0.25, 0.3) is 0 Å². The lowest BCUT2D eigenvalue weighted by Gasteiger charge is -2.31. The average molecular weight is 343 g/mol. The van der Waals surface area contributed by atoms with Crippen LogP contribution in [0.2, 0.25) is 0 Å². The minimum absolute atomic E-state index is 0.694. The maximum absolute atomic E-state index is 6.24. The summed E-state index contributed by atoms with van der Waals surface area (Å²) in [6.45, 7) is 8.66. The third kappa shape index (κ3) is 5.74. The Kier molecular flexibility index (Phi) is 6.74. The summed E-state index contributed by atoms with van der Waals surface area (Å²) in [5.41, 5.74) is 9.00. The van der Waals surface area contributed by atoms with E-state index < -0.39 is 0 Å². The van der Waals surface area contributed by atoms with Gasteiger partial charge in [-0.2, -0.15) is 0 Å². The zero-order chi connectivity index (χ0) is 17.5. The minimum atomic E-state index is 0.694. The molecule has 2 N–H and O–H groups in total. The van der Waals surface area contributed by atoms with Crippen molar-refractivity contribution in [3.05, 3.63) is 35.4 Å². The largest absolute Gasteiger partial charge is 0.370 e. The maximum Gasteiger partial charge on any atom is 0.191 e. The summed E-state index contributed by atoms with van der Waals surface area (Å²) < 4.78 is 0. The van der Waals surface area contributed by atoms with Gasteiger partial charge in [0.1, 0.15) is 0 Å². The van der Waals surface area contributed by atoms with Gasteiger partial charge >= 0.3 is 0 Å². The molecule has 0 atom stereocenters. The van der Waals surface area contributed by atoms with E-state index in [-0.39, 0.29) is 0 Å². The molecule has 138 valence electrons. The fourth-order valence-electron chi connectivity index (χ4n) is 3.90. The van der Waals surface area contributed by atoms with Crippen molar-refractivity contribution in [3.63, 3.8) is 0 Å². The number of guanidine groups is 1. The summed E-state index contributed by atoms with van der Waals surface area (Å²) in [6, 6.07) is 8.94. The summed E-state index contributed by atoms with van der Waals surface area (Å²) >= 11 is 0. The van der Waals surface area contributed by atoms with Gasteiger partial charge in [-0.15, -0.1) is 0 Å². The Morgan fingerprint density at radius 1 is 1.00 bits per heavy atom. The number of nitrogens with zero attached hydrogens (tertiary/aromatic N) is 3. The first-order valence-electron chi connectivity index (χ1n) is 10.0. The quantitative estimate of drug-likeness (QED) is 0.674. The van der Waals surface area contributed by atoms with Crippen LogP contribution in [0, 0.1) is 12.8 Å². The van der Waals surface area contributed by atoms with Crippen LogP contribution in [0.1, 0.15) is 49.7 Å². The highest BCUT2D eigenvalue weighted by atomic mass is 15.2. The van der Waals surface area contributed by atoms with Crippen LogP contribution >= 0.6 is 0 Å². The van der Waals surface area contributed by atoms with E-state index in [0.29, 0.717) is 5.92 Å². The highest BCUT2D eigenvalue weighted by Crippen LogP contribution is 2.20. The van der Waals surface area contributed by atoms with Crippen molar-refractivity contribution in [1.82, 2.24) is 9.80 Å². The molecule has 0 saturated carbocycles. The number of hydrogen-bond acceptors (Lipinski definition) is 2. The Bertz CT molecular complexity index is 536. The summed E-state index contributed by atoms with van der Waals surface area (Å²) in [5.74, 6) is 1.48. The third-order valence-electron chi connectivity index (χ3n) is 5.68. The SMILES string of the molecule is Cc1ccc(CN2CCC(CN=C(N)N3CCCCCC3)CC2)cc1. The number of hydrogen-bond donors (Lipinski definition) is 1. The predicted octanol–water partition coefficient (Wildman–Crippen LogP) is 3.40. The second kappa shape index (κ2) is 9.23. The molecule has 0 radical (unpaired) electrons. The van der Waals surface area contributed by atoms with E-state index in [2.05, 4.69) is 41.0 Å². The monoisotopic (exact) mass is 342 g/mol. The van der Waals surface area contributed by atoms with Crippen molar-refractivity contribution < 1.29 is 0 Å². The van der Waals surface area contributed by atoms with Crippen LogP contribution < -0.4 is 5.73 Å². The first kappa shape index (κ1) is 18.2. The molecule has 2 aliphatic heterocycles. The molecule has 2 heterocycles. The van der Waals surface area contributed by atoms with Gasteiger partial charge in [-0.1, -0.05) is 42.7 Å². The number of aryl methyl sites for hydroxylation is 1. The molecule has 3 rings (SSSR count). The van der Waals surface area contributed by atoms with Crippen LogP contribution in [0.15, 0.2) is 29.3 Å². The zero-order valence-electron chi connectivity index (χ0n) is 15.8. The van der Waals surface area contributed by atoms with E-state index in [1.165, 1.54) is 62.7 Å². The van der Waals surface area contributed by atoms with E-state index >= 15 is 0 Å². The Morgan fingerprint density at radius 2 is 1.64 bits per heavy atom. The van der Waals surface area contributed by atoms with Gasteiger partial charge in [0.05, 0.1) is 0 Å². The molecule has 25 heavy (non-hydrogen) atoms. The van der Waals surface area contributed by atoms with Crippen molar-refractivity contribution in [1.29, 1.82) is 0 Å². The number of benzene rings is 1. The van der Waals surface area contributed by atoms with Crippen LogP contribution in [-0.4, -0.2) is 48.5 Å². The third-order valence-corrected chi connectivity index (χ3v) is 5.68. The minimum Gasteiger partial charge on any atom is -0.370 e. The van der Waals surface area contributed by atoms with Crippen LogP contribution in [0.4, 0.5) is 0 Å². The molecule has 4 nitrogen and oxygen atoms in total. The molecule has 0 unspecified atom stereocenters. The molecule has 0 spiro atoms. The topological polar surface area (TPSA) is 44.9 Å². The van der Waals surface area contributed by atoms with Gasteiger partial charge < -0.3 is 10.6 Å². The Balaban J connectivity index is 1.41. The van der Waals surface area contributed by atoms with Gasteiger partial charge in [0, 0.05) is 26.2 Å². The molecule has 0 aromatic heterocycles. The number of rotatable bonds is 4. The molecule has 4 heteroatoms. The van der Waals surface area contributed by atoms with E-state index in [9.17, 15) is 0 Å². The van der Waals surface area contributed by atoms with Gasteiger partial charge in [0.2, 0.25) is 0 Å². The molecular weight excluding hydrogens is 308 g/mol. The van der Waals surface area contributed by atoms with E-state index in [1.807, 2.05) is 0 Å². The molecule has 1 aromatic carbocycles. The lowest BCUT2D eigenvalue weighted by molar-refractivity contribution is 0.180. The maximum atomic E-state index is 6.24. The molecule has 0 amide bonds. The number of likely N-dealkylation sites (tertiary alicyclic amines) is 2. The Morgan fingerprint density at radius 3 is 2.28 bits per heavy atom. The normalized spacial score (nSPS) is 21.3. The molecule has 2 aliphatic rings. The number of aliphatic imine (C=N–C) groups is 1. The summed E-state index contributed by atoms with van der Waals surface area (Å²) in [6.07, 6.45) is 7.67. The Hall–Kier alpha value is -1.55.